The third-order valence-corrected chi connectivity index (χ3v) is 4.37. The number of carbonyl (C=O) groups excluding carboxylic acids is 2. The summed E-state index contributed by atoms with van der Waals surface area (Å²) in [7, 11) is 1.62. The molecule has 3 rings (SSSR count). The van der Waals surface area contributed by atoms with Crippen molar-refractivity contribution in [1.29, 1.82) is 0 Å². The first kappa shape index (κ1) is 19.8. The van der Waals surface area contributed by atoms with E-state index < -0.39 is 10.9 Å². The van der Waals surface area contributed by atoms with Crippen molar-refractivity contribution in [1.82, 2.24) is 0 Å². The van der Waals surface area contributed by atoms with Crippen molar-refractivity contribution in [2.75, 3.05) is 11.9 Å². The fraction of sp³-hybridized carbons (Fsp3) is 0.0909. The first-order valence-electron chi connectivity index (χ1n) is 8.80. The molecule has 3 aromatic carbocycles. The van der Waals surface area contributed by atoms with E-state index in [0.717, 1.165) is 0 Å². The van der Waals surface area contributed by atoms with Crippen LogP contribution in [0.1, 0.15) is 26.3 Å². The molecule has 0 unspecified atom stereocenters. The molecule has 146 valence electrons. The minimum Gasteiger partial charge on any atom is -0.457 e. The molecule has 0 N–H and O–H groups in total. The minimum absolute atomic E-state index is 0.0962. The van der Waals surface area contributed by atoms with E-state index in [0.29, 0.717) is 5.69 Å². The number of hydrogen-bond donors (Lipinski definition) is 0. The Morgan fingerprint density at radius 1 is 0.897 bits per heavy atom. The molecule has 0 fully saturated rings. The number of para-hydroxylation sites is 2. The van der Waals surface area contributed by atoms with Crippen molar-refractivity contribution < 1.29 is 19.2 Å². The average molecular weight is 390 g/mol. The van der Waals surface area contributed by atoms with Crippen LogP contribution in [0.2, 0.25) is 0 Å². The molecule has 0 bridgehead atoms. The first-order chi connectivity index (χ1) is 14.0. The van der Waals surface area contributed by atoms with Gasteiger partial charge in [-0.3, -0.25) is 14.9 Å². The number of benzene rings is 3. The molecule has 3 aromatic rings. The number of nitro benzene ring substituents is 1. The van der Waals surface area contributed by atoms with E-state index in [4.69, 9.17) is 4.74 Å². The van der Waals surface area contributed by atoms with E-state index in [1.54, 1.807) is 43.4 Å². The summed E-state index contributed by atoms with van der Waals surface area (Å²) >= 11 is 0. The molecule has 0 saturated carbocycles. The number of hydrogen-bond acceptors (Lipinski definition) is 5. The van der Waals surface area contributed by atoms with E-state index in [1.807, 2.05) is 18.2 Å². The molecule has 0 spiro atoms. The Kier molecular flexibility index (Phi) is 5.99. The summed E-state index contributed by atoms with van der Waals surface area (Å²) in [5, 5.41) is 11.1. The SMILES string of the molecule is CN(C(=O)c1ccccc1C(=O)OCc1ccccc1[N+](=O)[O-])c1ccccc1. The second-order valence-corrected chi connectivity index (χ2v) is 6.21. The highest BCUT2D eigenvalue weighted by Crippen LogP contribution is 2.21. The first-order valence-corrected chi connectivity index (χ1v) is 8.80. The van der Waals surface area contributed by atoms with Crippen molar-refractivity contribution in [3.05, 3.63) is 106 Å². The van der Waals surface area contributed by atoms with Crippen LogP contribution in [0.25, 0.3) is 0 Å². The molecule has 0 aliphatic heterocycles. The van der Waals surface area contributed by atoms with Crippen LogP contribution in [-0.4, -0.2) is 23.8 Å². The molecule has 0 saturated heterocycles. The van der Waals surface area contributed by atoms with Gasteiger partial charge in [-0.05, 0) is 30.3 Å². The van der Waals surface area contributed by atoms with E-state index in [2.05, 4.69) is 0 Å². The van der Waals surface area contributed by atoms with Crippen LogP contribution < -0.4 is 4.90 Å². The zero-order valence-corrected chi connectivity index (χ0v) is 15.6. The smallest absolute Gasteiger partial charge is 0.339 e. The molecule has 0 aliphatic rings. The molecule has 0 aliphatic carbocycles. The summed E-state index contributed by atoms with van der Waals surface area (Å²) in [6.45, 7) is -0.271. The number of rotatable bonds is 6. The fourth-order valence-corrected chi connectivity index (χ4v) is 2.83. The van der Waals surface area contributed by atoms with Gasteiger partial charge in [-0.25, -0.2) is 4.79 Å². The third kappa shape index (κ3) is 4.47. The van der Waals surface area contributed by atoms with Crippen LogP contribution in [0.15, 0.2) is 78.9 Å². The molecule has 1 amide bonds. The van der Waals surface area contributed by atoms with Gasteiger partial charge in [0.15, 0.2) is 0 Å². The summed E-state index contributed by atoms with van der Waals surface area (Å²) in [6.07, 6.45) is 0. The summed E-state index contributed by atoms with van der Waals surface area (Å²) in [6, 6.07) is 21.4. The summed E-state index contributed by atoms with van der Waals surface area (Å²) < 4.78 is 5.27. The molecule has 0 heterocycles. The maximum atomic E-state index is 12.9. The van der Waals surface area contributed by atoms with Gasteiger partial charge >= 0.3 is 5.97 Å². The molecule has 7 heteroatoms. The number of ether oxygens (including phenoxy) is 1. The number of nitro groups is 1. The molecule has 29 heavy (non-hydrogen) atoms. The number of anilines is 1. The maximum Gasteiger partial charge on any atom is 0.339 e. The van der Waals surface area contributed by atoms with E-state index in [9.17, 15) is 19.7 Å². The van der Waals surface area contributed by atoms with Crippen molar-refractivity contribution in [3.8, 4) is 0 Å². The second kappa shape index (κ2) is 8.79. The third-order valence-electron chi connectivity index (χ3n) is 4.37. The number of esters is 1. The van der Waals surface area contributed by atoms with Gasteiger partial charge in [0.25, 0.3) is 11.6 Å². The lowest BCUT2D eigenvalue weighted by Gasteiger charge is -2.18. The molecule has 0 atom stereocenters. The Balaban J connectivity index is 1.81. The van der Waals surface area contributed by atoms with Gasteiger partial charge < -0.3 is 9.64 Å². The highest BCUT2D eigenvalue weighted by molar-refractivity contribution is 6.11. The second-order valence-electron chi connectivity index (χ2n) is 6.21. The molecule has 0 aromatic heterocycles. The summed E-state index contributed by atoms with van der Waals surface area (Å²) in [4.78, 5) is 37.5. The predicted octanol–water partition coefficient (Wildman–Crippen LogP) is 4.23. The Hall–Kier alpha value is -4.00. The lowest BCUT2D eigenvalue weighted by Crippen LogP contribution is -2.28. The largest absolute Gasteiger partial charge is 0.457 e. The van der Waals surface area contributed by atoms with Crippen LogP contribution in [0, 0.1) is 10.1 Å². The van der Waals surface area contributed by atoms with Crippen LogP contribution in [-0.2, 0) is 11.3 Å². The number of amides is 1. The van der Waals surface area contributed by atoms with Crippen molar-refractivity contribution in [3.63, 3.8) is 0 Å². The zero-order chi connectivity index (χ0) is 20.8. The summed E-state index contributed by atoms with van der Waals surface area (Å²) in [5.41, 5.74) is 1.11. The van der Waals surface area contributed by atoms with E-state index in [-0.39, 0.29) is 34.9 Å². The van der Waals surface area contributed by atoms with Gasteiger partial charge in [0.1, 0.15) is 6.61 Å². The zero-order valence-electron chi connectivity index (χ0n) is 15.6. The lowest BCUT2D eigenvalue weighted by molar-refractivity contribution is -0.385. The topological polar surface area (TPSA) is 89.8 Å². The Bertz CT molecular complexity index is 1050. The Labute approximate surface area is 167 Å². The molecule has 0 radical (unpaired) electrons. The van der Waals surface area contributed by atoms with E-state index >= 15 is 0 Å². The quantitative estimate of drug-likeness (QED) is 0.357. The Morgan fingerprint density at radius 3 is 2.17 bits per heavy atom. The highest BCUT2D eigenvalue weighted by Gasteiger charge is 2.22. The van der Waals surface area contributed by atoms with Crippen LogP contribution in [0.5, 0.6) is 0 Å². The fourth-order valence-electron chi connectivity index (χ4n) is 2.83. The van der Waals surface area contributed by atoms with Crippen molar-refractivity contribution in [2.45, 2.75) is 6.61 Å². The van der Waals surface area contributed by atoms with Crippen molar-refractivity contribution >= 4 is 23.3 Å². The maximum absolute atomic E-state index is 12.9. The molecule has 7 nitrogen and oxygen atoms in total. The Morgan fingerprint density at radius 2 is 1.48 bits per heavy atom. The van der Waals surface area contributed by atoms with Gasteiger partial charge in [-0.1, -0.05) is 42.5 Å². The van der Waals surface area contributed by atoms with Crippen molar-refractivity contribution in [2.24, 2.45) is 0 Å². The average Bonchev–Trinajstić information content (AvgIpc) is 2.77. The molecular formula is C22H18N2O5. The van der Waals surface area contributed by atoms with Crippen LogP contribution in [0.4, 0.5) is 11.4 Å². The lowest BCUT2D eigenvalue weighted by atomic mass is 10.1. The van der Waals surface area contributed by atoms with Gasteiger partial charge in [0.2, 0.25) is 0 Å². The summed E-state index contributed by atoms with van der Waals surface area (Å²) in [5.74, 6) is -1.09. The number of nitrogens with zero attached hydrogens (tertiary/aromatic N) is 2. The van der Waals surface area contributed by atoms with Crippen LogP contribution >= 0.6 is 0 Å². The van der Waals surface area contributed by atoms with Gasteiger partial charge in [0.05, 0.1) is 21.6 Å². The highest BCUT2D eigenvalue weighted by atomic mass is 16.6. The standard InChI is InChI=1S/C22H18N2O5/c1-23(17-10-3-2-4-11-17)21(25)18-12-6-7-13-19(18)22(26)29-15-16-9-5-8-14-20(16)24(27)28/h2-14H,15H2,1H3. The van der Waals surface area contributed by atoms with Gasteiger partial charge in [-0.15, -0.1) is 0 Å². The van der Waals surface area contributed by atoms with Gasteiger partial charge in [0, 0.05) is 18.8 Å². The van der Waals surface area contributed by atoms with Gasteiger partial charge in [-0.2, -0.15) is 0 Å². The monoisotopic (exact) mass is 390 g/mol. The normalized spacial score (nSPS) is 10.2. The van der Waals surface area contributed by atoms with Crippen LogP contribution in [0.3, 0.4) is 0 Å². The predicted molar refractivity (Wildman–Crippen MR) is 108 cm³/mol. The van der Waals surface area contributed by atoms with E-state index in [1.165, 1.54) is 29.2 Å². The minimum atomic E-state index is -0.728. The molecular weight excluding hydrogens is 372 g/mol. The number of carbonyl (C=O) groups is 2.